The number of nitriles is 1. The minimum atomic E-state index is -1.58. The van der Waals surface area contributed by atoms with Gasteiger partial charge in [0.15, 0.2) is 0 Å². The molecule has 0 radical (unpaired) electrons. The van der Waals surface area contributed by atoms with E-state index in [1.54, 1.807) is 30.6 Å². The Balaban J connectivity index is 2.55. The first-order valence-corrected chi connectivity index (χ1v) is 5.02. The van der Waals surface area contributed by atoms with Crippen molar-refractivity contribution < 1.29 is 10.0 Å². The van der Waals surface area contributed by atoms with Crippen molar-refractivity contribution in [3.63, 3.8) is 0 Å². The average molecular weight is 224 g/mol. The van der Waals surface area contributed by atoms with E-state index in [1.165, 1.54) is 6.07 Å². The van der Waals surface area contributed by atoms with Gasteiger partial charge >= 0.3 is 7.12 Å². The Bertz CT molecular complexity index is 564. The highest BCUT2D eigenvalue weighted by atomic mass is 16.4. The second-order valence-corrected chi connectivity index (χ2v) is 3.57. The van der Waals surface area contributed by atoms with Gasteiger partial charge < -0.3 is 10.0 Å². The Morgan fingerprint density at radius 2 is 2.00 bits per heavy atom. The van der Waals surface area contributed by atoms with Crippen LogP contribution in [0.2, 0.25) is 0 Å². The van der Waals surface area contributed by atoms with E-state index in [-0.39, 0.29) is 0 Å². The third kappa shape index (κ3) is 2.51. The van der Waals surface area contributed by atoms with Crippen molar-refractivity contribution in [3.8, 4) is 17.2 Å². The van der Waals surface area contributed by atoms with E-state index in [1.807, 2.05) is 12.1 Å². The van der Waals surface area contributed by atoms with Gasteiger partial charge in [-0.1, -0.05) is 12.1 Å². The fourth-order valence-electron chi connectivity index (χ4n) is 1.57. The van der Waals surface area contributed by atoms with Crippen LogP contribution in [0.5, 0.6) is 0 Å². The number of nitrogens with zero attached hydrogens (tertiary/aromatic N) is 2. The molecule has 0 aliphatic rings. The lowest BCUT2D eigenvalue weighted by Gasteiger charge is -2.05. The van der Waals surface area contributed by atoms with Gasteiger partial charge in [-0.15, -0.1) is 0 Å². The molecule has 0 aliphatic heterocycles. The van der Waals surface area contributed by atoms with Crippen LogP contribution < -0.4 is 5.46 Å². The zero-order chi connectivity index (χ0) is 12.3. The molecule has 0 bridgehead atoms. The topological polar surface area (TPSA) is 77.1 Å². The summed E-state index contributed by atoms with van der Waals surface area (Å²) in [5.41, 5.74) is 2.24. The van der Waals surface area contributed by atoms with E-state index < -0.39 is 7.12 Å². The molecule has 0 saturated heterocycles. The molecule has 2 aromatic rings. The van der Waals surface area contributed by atoms with Crippen LogP contribution in [0.4, 0.5) is 0 Å². The van der Waals surface area contributed by atoms with E-state index >= 15 is 0 Å². The first kappa shape index (κ1) is 11.3. The Labute approximate surface area is 98.9 Å². The van der Waals surface area contributed by atoms with Gasteiger partial charge in [0.05, 0.1) is 11.6 Å². The first-order valence-electron chi connectivity index (χ1n) is 5.02. The lowest BCUT2D eigenvalue weighted by molar-refractivity contribution is 0.426. The van der Waals surface area contributed by atoms with Gasteiger partial charge in [-0.3, -0.25) is 4.98 Å². The molecule has 0 amide bonds. The molecule has 5 heteroatoms. The Morgan fingerprint density at radius 1 is 1.18 bits per heavy atom. The Morgan fingerprint density at radius 3 is 2.59 bits per heavy atom. The first-order chi connectivity index (χ1) is 8.20. The minimum absolute atomic E-state index is 0.294. The Kier molecular flexibility index (Phi) is 3.19. The van der Waals surface area contributed by atoms with E-state index in [0.717, 1.165) is 11.1 Å². The maximum atomic E-state index is 9.15. The highest BCUT2D eigenvalue weighted by Gasteiger charge is 2.13. The third-order valence-corrected chi connectivity index (χ3v) is 2.38. The number of hydrogen-bond donors (Lipinski definition) is 2. The third-order valence-electron chi connectivity index (χ3n) is 2.38. The van der Waals surface area contributed by atoms with Crippen LogP contribution in [0.15, 0.2) is 42.7 Å². The summed E-state index contributed by atoms with van der Waals surface area (Å²) in [7, 11) is -1.58. The highest BCUT2D eigenvalue weighted by molar-refractivity contribution is 6.58. The number of benzene rings is 1. The van der Waals surface area contributed by atoms with Crippen molar-refractivity contribution >= 4 is 12.6 Å². The second kappa shape index (κ2) is 4.79. The predicted octanol–water partition coefficient (Wildman–Crippen LogP) is 0.300. The normalized spacial score (nSPS) is 9.71. The van der Waals surface area contributed by atoms with Gasteiger partial charge in [0.25, 0.3) is 0 Å². The maximum absolute atomic E-state index is 9.15. The fraction of sp³-hybridized carbons (Fsp3) is 0. The molecule has 1 aromatic heterocycles. The summed E-state index contributed by atoms with van der Waals surface area (Å²) in [4.78, 5) is 3.98. The van der Waals surface area contributed by atoms with Gasteiger partial charge in [-0.25, -0.2) is 0 Å². The van der Waals surface area contributed by atoms with E-state index in [2.05, 4.69) is 4.98 Å². The summed E-state index contributed by atoms with van der Waals surface area (Å²) in [5.74, 6) is 0. The van der Waals surface area contributed by atoms with E-state index in [0.29, 0.717) is 11.0 Å². The van der Waals surface area contributed by atoms with Gasteiger partial charge in [-0.05, 0) is 29.2 Å². The van der Waals surface area contributed by atoms with Crippen LogP contribution in [0.1, 0.15) is 5.56 Å². The van der Waals surface area contributed by atoms with Crippen LogP contribution in [0.3, 0.4) is 0 Å². The van der Waals surface area contributed by atoms with Crippen molar-refractivity contribution in [2.45, 2.75) is 0 Å². The molecule has 2 N–H and O–H groups in total. The number of pyridine rings is 1. The SMILES string of the molecule is N#Cc1cc(B(O)O)cc(-c2cccnc2)c1. The summed E-state index contributed by atoms with van der Waals surface area (Å²) in [6.45, 7) is 0. The lowest BCUT2D eigenvalue weighted by Crippen LogP contribution is -2.30. The molecule has 0 aliphatic carbocycles. The molecule has 82 valence electrons. The molecule has 0 spiro atoms. The minimum Gasteiger partial charge on any atom is -0.423 e. The smallest absolute Gasteiger partial charge is 0.423 e. The molecule has 2 rings (SSSR count). The molecule has 17 heavy (non-hydrogen) atoms. The quantitative estimate of drug-likeness (QED) is 0.719. The van der Waals surface area contributed by atoms with E-state index in [9.17, 15) is 0 Å². The second-order valence-electron chi connectivity index (χ2n) is 3.57. The molecule has 0 saturated carbocycles. The van der Waals surface area contributed by atoms with Crippen LogP contribution in [0, 0.1) is 11.3 Å². The lowest BCUT2D eigenvalue weighted by atomic mass is 9.78. The van der Waals surface area contributed by atoms with Crippen molar-refractivity contribution in [1.82, 2.24) is 4.98 Å². The summed E-state index contributed by atoms with van der Waals surface area (Å²) in [6.07, 6.45) is 3.31. The Hall–Kier alpha value is -2.16. The van der Waals surface area contributed by atoms with Gasteiger partial charge in [0.2, 0.25) is 0 Å². The summed E-state index contributed by atoms with van der Waals surface area (Å²) < 4.78 is 0. The standard InChI is InChI=1S/C12H9BN2O2/c14-7-9-4-11(6-12(5-9)13(16)17)10-2-1-3-15-8-10/h1-6,8,16-17H. The zero-order valence-corrected chi connectivity index (χ0v) is 8.91. The summed E-state index contributed by atoms with van der Waals surface area (Å²) in [5, 5.41) is 27.2. The highest BCUT2D eigenvalue weighted by Crippen LogP contribution is 2.18. The van der Waals surface area contributed by atoms with Crippen LogP contribution >= 0.6 is 0 Å². The van der Waals surface area contributed by atoms with Crippen molar-refractivity contribution in [3.05, 3.63) is 48.3 Å². The van der Waals surface area contributed by atoms with Crippen LogP contribution in [-0.2, 0) is 0 Å². The van der Waals surface area contributed by atoms with E-state index in [4.69, 9.17) is 15.3 Å². The molecular formula is C12H9BN2O2. The molecule has 0 unspecified atom stereocenters. The summed E-state index contributed by atoms with van der Waals surface area (Å²) >= 11 is 0. The van der Waals surface area contributed by atoms with Crippen molar-refractivity contribution in [2.24, 2.45) is 0 Å². The summed E-state index contributed by atoms with van der Waals surface area (Å²) in [6, 6.07) is 10.4. The van der Waals surface area contributed by atoms with Crippen molar-refractivity contribution in [2.75, 3.05) is 0 Å². The fourth-order valence-corrected chi connectivity index (χ4v) is 1.57. The van der Waals surface area contributed by atoms with Gasteiger partial charge in [0.1, 0.15) is 0 Å². The number of rotatable bonds is 2. The molecule has 0 atom stereocenters. The number of hydrogen-bond acceptors (Lipinski definition) is 4. The molecule has 0 fully saturated rings. The molecule has 1 heterocycles. The molecule has 4 nitrogen and oxygen atoms in total. The average Bonchev–Trinajstić information content (AvgIpc) is 2.39. The predicted molar refractivity (Wildman–Crippen MR) is 64.2 cm³/mol. The largest absolute Gasteiger partial charge is 0.488 e. The molecular weight excluding hydrogens is 215 g/mol. The monoisotopic (exact) mass is 224 g/mol. The number of aromatic nitrogens is 1. The maximum Gasteiger partial charge on any atom is 0.488 e. The van der Waals surface area contributed by atoms with Crippen LogP contribution in [-0.4, -0.2) is 22.2 Å². The zero-order valence-electron chi connectivity index (χ0n) is 8.91. The van der Waals surface area contributed by atoms with Gasteiger partial charge in [-0.2, -0.15) is 5.26 Å². The van der Waals surface area contributed by atoms with Gasteiger partial charge in [0, 0.05) is 18.0 Å². The molecule has 1 aromatic carbocycles. The van der Waals surface area contributed by atoms with Crippen molar-refractivity contribution in [1.29, 1.82) is 5.26 Å². The van der Waals surface area contributed by atoms with Crippen LogP contribution in [0.25, 0.3) is 11.1 Å².